The van der Waals surface area contributed by atoms with E-state index in [9.17, 15) is 22.8 Å². The molecule has 1 aliphatic rings. The number of alkyl halides is 3. The Morgan fingerprint density at radius 2 is 1.80 bits per heavy atom. The Balaban J connectivity index is 2.11. The molecule has 20 heavy (non-hydrogen) atoms. The molecular weight excluding hydrogens is 273 g/mol. The summed E-state index contributed by atoms with van der Waals surface area (Å²) < 4.78 is 37.3. The Bertz CT molecular complexity index is 511. The third kappa shape index (κ3) is 3.28. The van der Waals surface area contributed by atoms with Gasteiger partial charge in [-0.1, -0.05) is 0 Å². The Kier molecular flexibility index (Phi) is 3.96. The van der Waals surface area contributed by atoms with Gasteiger partial charge in [0.25, 0.3) is 5.91 Å². The van der Waals surface area contributed by atoms with Crippen molar-refractivity contribution in [3.63, 3.8) is 0 Å². The molecule has 7 heteroatoms. The second kappa shape index (κ2) is 5.52. The Morgan fingerprint density at radius 3 is 2.40 bits per heavy atom. The summed E-state index contributed by atoms with van der Waals surface area (Å²) in [5.41, 5.74) is -0.603. The van der Waals surface area contributed by atoms with E-state index in [4.69, 9.17) is 0 Å². The van der Waals surface area contributed by atoms with Crippen LogP contribution in [-0.2, 0) is 11.0 Å². The number of carbonyl (C=O) groups is 2. The van der Waals surface area contributed by atoms with Crippen molar-refractivity contribution < 1.29 is 22.8 Å². The van der Waals surface area contributed by atoms with Crippen LogP contribution in [-0.4, -0.2) is 36.3 Å². The molecule has 1 heterocycles. The number of benzene rings is 1. The zero-order valence-electron chi connectivity index (χ0n) is 10.5. The average Bonchev–Trinajstić information content (AvgIpc) is 2.62. The molecule has 1 saturated heterocycles. The fourth-order valence-electron chi connectivity index (χ4n) is 1.95. The van der Waals surface area contributed by atoms with Crippen molar-refractivity contribution in [1.82, 2.24) is 10.2 Å². The highest BCUT2D eigenvalue weighted by Crippen LogP contribution is 2.29. The van der Waals surface area contributed by atoms with E-state index >= 15 is 0 Å². The van der Waals surface area contributed by atoms with Crippen molar-refractivity contribution in [2.24, 2.45) is 0 Å². The third-order valence-corrected chi connectivity index (χ3v) is 3.06. The van der Waals surface area contributed by atoms with Crippen LogP contribution in [0.5, 0.6) is 0 Å². The highest BCUT2D eigenvalue weighted by atomic mass is 19.4. The second-order valence-corrected chi connectivity index (χ2v) is 4.47. The number of nitrogens with one attached hydrogen (secondary N) is 1. The first-order chi connectivity index (χ1) is 9.38. The fourth-order valence-corrected chi connectivity index (χ4v) is 1.95. The predicted molar refractivity (Wildman–Crippen MR) is 65.0 cm³/mol. The lowest BCUT2D eigenvalue weighted by atomic mass is 10.1. The van der Waals surface area contributed by atoms with E-state index in [1.54, 1.807) is 0 Å². The maximum absolute atomic E-state index is 12.4. The van der Waals surface area contributed by atoms with Gasteiger partial charge in [0.1, 0.15) is 0 Å². The van der Waals surface area contributed by atoms with Crippen LogP contribution in [0.3, 0.4) is 0 Å². The van der Waals surface area contributed by atoms with Crippen molar-refractivity contribution in [2.45, 2.75) is 12.6 Å². The molecule has 1 aromatic carbocycles. The van der Waals surface area contributed by atoms with Gasteiger partial charge in [0, 0.05) is 31.6 Å². The summed E-state index contributed by atoms with van der Waals surface area (Å²) in [7, 11) is 0. The molecule has 108 valence electrons. The molecule has 1 N–H and O–H groups in total. The van der Waals surface area contributed by atoms with Gasteiger partial charge in [-0.2, -0.15) is 13.2 Å². The van der Waals surface area contributed by atoms with Gasteiger partial charge < -0.3 is 10.2 Å². The summed E-state index contributed by atoms with van der Waals surface area (Å²) in [5, 5.41) is 2.63. The van der Waals surface area contributed by atoms with E-state index in [-0.39, 0.29) is 30.3 Å². The number of hydrogen-bond acceptors (Lipinski definition) is 2. The SMILES string of the molecule is O=C1CCN(C(=O)c2ccc(C(F)(F)F)cc2)CCN1. The number of hydrogen-bond donors (Lipinski definition) is 1. The minimum atomic E-state index is -4.42. The van der Waals surface area contributed by atoms with Gasteiger partial charge in [-0.3, -0.25) is 9.59 Å². The summed E-state index contributed by atoms with van der Waals surface area (Å²) in [6.07, 6.45) is -4.22. The lowest BCUT2D eigenvalue weighted by Crippen LogP contribution is -2.34. The number of nitrogens with zero attached hydrogens (tertiary/aromatic N) is 1. The van der Waals surface area contributed by atoms with E-state index in [2.05, 4.69) is 5.32 Å². The van der Waals surface area contributed by atoms with E-state index in [1.165, 1.54) is 4.90 Å². The van der Waals surface area contributed by atoms with Crippen LogP contribution in [0.25, 0.3) is 0 Å². The van der Waals surface area contributed by atoms with E-state index in [0.717, 1.165) is 24.3 Å². The van der Waals surface area contributed by atoms with Crippen molar-refractivity contribution >= 4 is 11.8 Å². The molecule has 0 aromatic heterocycles. The molecule has 4 nitrogen and oxygen atoms in total. The molecule has 1 aromatic rings. The van der Waals surface area contributed by atoms with Crippen LogP contribution in [0.4, 0.5) is 13.2 Å². The minimum absolute atomic E-state index is 0.132. The second-order valence-electron chi connectivity index (χ2n) is 4.47. The summed E-state index contributed by atoms with van der Waals surface area (Å²) in [4.78, 5) is 24.8. The molecule has 0 unspecified atom stereocenters. The van der Waals surface area contributed by atoms with Crippen molar-refractivity contribution in [1.29, 1.82) is 0 Å². The average molecular weight is 286 g/mol. The maximum Gasteiger partial charge on any atom is 0.416 e. The molecule has 0 spiro atoms. The zero-order valence-corrected chi connectivity index (χ0v) is 10.5. The standard InChI is InChI=1S/C13H13F3N2O2/c14-13(15,16)10-3-1-9(2-4-10)12(20)18-7-5-11(19)17-6-8-18/h1-4H,5-8H2,(H,17,19). The van der Waals surface area contributed by atoms with Gasteiger partial charge in [0.05, 0.1) is 5.56 Å². The topological polar surface area (TPSA) is 49.4 Å². The molecule has 0 atom stereocenters. The monoisotopic (exact) mass is 286 g/mol. The maximum atomic E-state index is 12.4. The van der Waals surface area contributed by atoms with Crippen LogP contribution in [0.15, 0.2) is 24.3 Å². The van der Waals surface area contributed by atoms with E-state index in [1.807, 2.05) is 0 Å². The third-order valence-electron chi connectivity index (χ3n) is 3.06. The van der Waals surface area contributed by atoms with Gasteiger partial charge in [0.15, 0.2) is 0 Å². The molecule has 1 fully saturated rings. The predicted octanol–water partition coefficient (Wildman–Crippen LogP) is 1.67. The largest absolute Gasteiger partial charge is 0.416 e. The molecule has 0 bridgehead atoms. The van der Waals surface area contributed by atoms with Crippen molar-refractivity contribution in [2.75, 3.05) is 19.6 Å². The van der Waals surface area contributed by atoms with Gasteiger partial charge in [-0.05, 0) is 24.3 Å². The normalized spacial score (nSPS) is 16.6. The summed E-state index contributed by atoms with van der Waals surface area (Å²) in [5.74, 6) is -0.497. The molecule has 0 saturated carbocycles. The summed E-state index contributed by atoms with van der Waals surface area (Å²) >= 11 is 0. The first-order valence-corrected chi connectivity index (χ1v) is 6.11. The van der Waals surface area contributed by atoms with Gasteiger partial charge in [-0.15, -0.1) is 0 Å². The van der Waals surface area contributed by atoms with Gasteiger partial charge in [0.2, 0.25) is 5.91 Å². The molecular formula is C13H13F3N2O2. The van der Waals surface area contributed by atoms with Crippen molar-refractivity contribution in [3.05, 3.63) is 35.4 Å². The Hall–Kier alpha value is -2.05. The highest BCUT2D eigenvalue weighted by molar-refractivity contribution is 5.94. The van der Waals surface area contributed by atoms with Crippen molar-refractivity contribution in [3.8, 4) is 0 Å². The summed E-state index contributed by atoms with van der Waals surface area (Å²) in [6.45, 7) is 0.975. The number of halogens is 3. The summed E-state index contributed by atoms with van der Waals surface area (Å²) in [6, 6.07) is 4.08. The number of amides is 2. The highest BCUT2D eigenvalue weighted by Gasteiger charge is 2.30. The number of rotatable bonds is 1. The lowest BCUT2D eigenvalue weighted by molar-refractivity contribution is -0.137. The minimum Gasteiger partial charge on any atom is -0.354 e. The van der Waals surface area contributed by atoms with Crippen LogP contribution < -0.4 is 5.32 Å². The first-order valence-electron chi connectivity index (χ1n) is 6.11. The Labute approximate surface area is 113 Å². The molecule has 0 aliphatic carbocycles. The van der Waals surface area contributed by atoms with Crippen LogP contribution in [0, 0.1) is 0 Å². The van der Waals surface area contributed by atoms with E-state index in [0.29, 0.717) is 13.1 Å². The molecule has 0 radical (unpaired) electrons. The lowest BCUT2D eigenvalue weighted by Gasteiger charge is -2.19. The van der Waals surface area contributed by atoms with Crippen LogP contribution in [0.2, 0.25) is 0 Å². The smallest absolute Gasteiger partial charge is 0.354 e. The molecule has 2 amide bonds. The van der Waals surface area contributed by atoms with Gasteiger partial charge >= 0.3 is 6.18 Å². The van der Waals surface area contributed by atoms with Crippen LogP contribution >= 0.6 is 0 Å². The van der Waals surface area contributed by atoms with E-state index < -0.39 is 11.7 Å². The fraction of sp³-hybridized carbons (Fsp3) is 0.385. The molecule has 1 aliphatic heterocycles. The number of carbonyl (C=O) groups excluding carboxylic acids is 2. The first kappa shape index (κ1) is 14.4. The quantitative estimate of drug-likeness (QED) is 0.853. The molecule has 2 rings (SSSR count). The van der Waals surface area contributed by atoms with Crippen LogP contribution in [0.1, 0.15) is 22.3 Å². The van der Waals surface area contributed by atoms with Gasteiger partial charge in [-0.25, -0.2) is 0 Å². The zero-order chi connectivity index (χ0) is 14.8. The Morgan fingerprint density at radius 1 is 1.15 bits per heavy atom.